The predicted octanol–water partition coefficient (Wildman–Crippen LogP) is 1.43. The van der Waals surface area contributed by atoms with Crippen LogP contribution in [0.1, 0.15) is 12.0 Å². The van der Waals surface area contributed by atoms with E-state index in [1.807, 2.05) is 0 Å². The second-order valence-electron chi connectivity index (χ2n) is 4.05. The molecular weight excluding hydrogens is 214 g/mol. The molecule has 3 rings (SSSR count). The molecule has 1 saturated carbocycles. The van der Waals surface area contributed by atoms with Gasteiger partial charge in [-0.1, -0.05) is 0 Å². The van der Waals surface area contributed by atoms with Crippen molar-refractivity contribution in [2.45, 2.75) is 6.42 Å². The van der Waals surface area contributed by atoms with Crippen molar-refractivity contribution in [3.63, 3.8) is 0 Å². The lowest BCUT2D eigenvalue weighted by molar-refractivity contribution is -0.122. The summed E-state index contributed by atoms with van der Waals surface area (Å²) in [4.78, 5) is 11.2. The number of fused-ring (bicyclic) bond motifs is 1. The SMILES string of the molecule is O=C1NN=C(c2ccc(F)cc2F)[C@@H]2C[C@@H]12. The Bertz CT molecular complexity index is 513. The Kier molecular flexibility index (Phi) is 1.83. The lowest BCUT2D eigenvalue weighted by Crippen LogP contribution is -2.29. The first kappa shape index (κ1) is 9.45. The molecule has 1 amide bonds. The number of amides is 1. The third-order valence-electron chi connectivity index (χ3n) is 2.97. The van der Waals surface area contributed by atoms with Crippen molar-refractivity contribution in [3.05, 3.63) is 35.4 Å². The number of halogens is 2. The van der Waals surface area contributed by atoms with Crippen LogP contribution in [0.2, 0.25) is 0 Å². The Balaban J connectivity index is 2.02. The van der Waals surface area contributed by atoms with E-state index in [2.05, 4.69) is 10.5 Å². The summed E-state index contributed by atoms with van der Waals surface area (Å²) >= 11 is 0. The average molecular weight is 222 g/mol. The number of rotatable bonds is 1. The lowest BCUT2D eigenvalue weighted by atomic mass is 10.0. The molecule has 1 aromatic carbocycles. The highest BCUT2D eigenvalue weighted by atomic mass is 19.1. The first-order valence-electron chi connectivity index (χ1n) is 4.99. The topological polar surface area (TPSA) is 41.5 Å². The number of hydrazone groups is 1. The van der Waals surface area contributed by atoms with Crippen LogP contribution >= 0.6 is 0 Å². The van der Waals surface area contributed by atoms with Crippen molar-refractivity contribution in [1.29, 1.82) is 0 Å². The molecule has 2 atom stereocenters. The third kappa shape index (κ3) is 1.31. The molecule has 1 aliphatic heterocycles. The average Bonchev–Trinajstić information content (AvgIpc) is 3.00. The van der Waals surface area contributed by atoms with E-state index in [0.717, 1.165) is 6.07 Å². The Labute approximate surface area is 90.2 Å². The van der Waals surface area contributed by atoms with E-state index in [1.165, 1.54) is 12.1 Å². The van der Waals surface area contributed by atoms with Gasteiger partial charge in [-0.25, -0.2) is 14.2 Å². The van der Waals surface area contributed by atoms with Gasteiger partial charge in [0.1, 0.15) is 11.6 Å². The van der Waals surface area contributed by atoms with Crippen molar-refractivity contribution < 1.29 is 13.6 Å². The van der Waals surface area contributed by atoms with Gasteiger partial charge in [-0.3, -0.25) is 4.79 Å². The number of benzene rings is 1. The molecular formula is C11H8F2N2O. The van der Waals surface area contributed by atoms with Gasteiger partial charge in [0.05, 0.1) is 5.71 Å². The van der Waals surface area contributed by atoms with Crippen molar-refractivity contribution in [3.8, 4) is 0 Å². The van der Waals surface area contributed by atoms with E-state index < -0.39 is 11.6 Å². The molecule has 0 radical (unpaired) electrons. The maximum Gasteiger partial charge on any atom is 0.243 e. The van der Waals surface area contributed by atoms with Gasteiger partial charge in [0.15, 0.2) is 0 Å². The second kappa shape index (κ2) is 3.10. The van der Waals surface area contributed by atoms with Crippen molar-refractivity contribution >= 4 is 11.6 Å². The molecule has 82 valence electrons. The smallest absolute Gasteiger partial charge is 0.243 e. The van der Waals surface area contributed by atoms with E-state index in [0.29, 0.717) is 12.1 Å². The van der Waals surface area contributed by atoms with E-state index in [-0.39, 0.29) is 23.3 Å². The van der Waals surface area contributed by atoms with Crippen LogP contribution in [0.5, 0.6) is 0 Å². The van der Waals surface area contributed by atoms with Gasteiger partial charge in [0.2, 0.25) is 5.91 Å². The molecule has 0 bridgehead atoms. The third-order valence-corrected chi connectivity index (χ3v) is 2.97. The van der Waals surface area contributed by atoms with Crippen molar-refractivity contribution in [2.75, 3.05) is 0 Å². The van der Waals surface area contributed by atoms with Gasteiger partial charge >= 0.3 is 0 Å². The molecule has 1 aliphatic carbocycles. The molecule has 1 N–H and O–H groups in total. The van der Waals surface area contributed by atoms with Crippen molar-refractivity contribution in [1.82, 2.24) is 5.43 Å². The number of carbonyl (C=O) groups is 1. The van der Waals surface area contributed by atoms with Gasteiger partial charge in [-0.2, -0.15) is 5.10 Å². The zero-order valence-corrected chi connectivity index (χ0v) is 8.21. The highest BCUT2D eigenvalue weighted by Crippen LogP contribution is 2.43. The van der Waals surface area contributed by atoms with Gasteiger partial charge in [-0.05, 0) is 18.6 Å². The molecule has 0 spiro atoms. The number of nitrogens with zero attached hydrogens (tertiary/aromatic N) is 1. The standard InChI is InChI=1S/C11H8F2N2O/c12-5-1-2-6(9(13)3-5)10-7-4-8(7)11(16)15-14-10/h1-3,7-8H,4H2,(H,15,16)/t7-,8-/m1/s1. The Morgan fingerprint density at radius 1 is 1.31 bits per heavy atom. The van der Waals surface area contributed by atoms with Crippen molar-refractivity contribution in [2.24, 2.45) is 16.9 Å². The summed E-state index contributed by atoms with van der Waals surface area (Å²) < 4.78 is 26.2. The molecule has 16 heavy (non-hydrogen) atoms. The highest BCUT2D eigenvalue weighted by Gasteiger charge is 2.49. The van der Waals surface area contributed by atoms with Gasteiger partial charge < -0.3 is 0 Å². The fraction of sp³-hybridized carbons (Fsp3) is 0.273. The summed E-state index contributed by atoms with van der Waals surface area (Å²) in [5.74, 6) is -1.46. The second-order valence-corrected chi connectivity index (χ2v) is 4.05. The molecule has 5 heteroatoms. The van der Waals surface area contributed by atoms with Crippen LogP contribution in [0, 0.1) is 23.5 Å². The van der Waals surface area contributed by atoms with Crippen LogP contribution in [-0.2, 0) is 4.79 Å². The van der Waals surface area contributed by atoms with E-state index in [9.17, 15) is 13.6 Å². The molecule has 3 nitrogen and oxygen atoms in total. The minimum Gasteiger partial charge on any atom is -0.273 e. The highest BCUT2D eigenvalue weighted by molar-refractivity contribution is 6.09. The van der Waals surface area contributed by atoms with Crippen LogP contribution in [0.15, 0.2) is 23.3 Å². The zero-order valence-electron chi connectivity index (χ0n) is 8.21. The molecule has 1 heterocycles. The summed E-state index contributed by atoms with van der Waals surface area (Å²) in [5.41, 5.74) is 3.14. The molecule has 1 fully saturated rings. The van der Waals surface area contributed by atoms with Crippen LogP contribution < -0.4 is 5.43 Å². The maximum absolute atomic E-state index is 13.5. The minimum absolute atomic E-state index is 0.00582. The Morgan fingerprint density at radius 2 is 2.12 bits per heavy atom. The summed E-state index contributed by atoms with van der Waals surface area (Å²) in [6.45, 7) is 0. The quantitative estimate of drug-likeness (QED) is 0.767. The zero-order chi connectivity index (χ0) is 11.3. The molecule has 0 saturated heterocycles. The number of nitrogens with one attached hydrogen (secondary N) is 1. The van der Waals surface area contributed by atoms with Gasteiger partial charge in [-0.15, -0.1) is 0 Å². The van der Waals surface area contributed by atoms with Crippen LogP contribution in [-0.4, -0.2) is 11.6 Å². The van der Waals surface area contributed by atoms with E-state index in [1.54, 1.807) is 0 Å². The summed E-state index contributed by atoms with van der Waals surface area (Å²) in [6.07, 6.45) is 0.696. The normalized spacial score (nSPS) is 26.9. The number of carbonyl (C=O) groups excluding carboxylic acids is 1. The summed E-state index contributed by atoms with van der Waals surface area (Å²) in [7, 11) is 0. The van der Waals surface area contributed by atoms with Gasteiger partial charge in [0.25, 0.3) is 0 Å². The molecule has 2 aliphatic rings. The molecule has 0 unspecified atom stereocenters. The fourth-order valence-electron chi connectivity index (χ4n) is 2.03. The largest absolute Gasteiger partial charge is 0.273 e. The first-order chi connectivity index (χ1) is 7.66. The fourth-order valence-corrected chi connectivity index (χ4v) is 2.03. The first-order valence-corrected chi connectivity index (χ1v) is 4.99. The Hall–Kier alpha value is -1.78. The molecule has 0 aromatic heterocycles. The summed E-state index contributed by atoms with van der Waals surface area (Å²) in [5, 5.41) is 3.85. The predicted molar refractivity (Wildman–Crippen MR) is 52.6 cm³/mol. The van der Waals surface area contributed by atoms with Crippen LogP contribution in [0.4, 0.5) is 8.78 Å². The van der Waals surface area contributed by atoms with Crippen LogP contribution in [0.25, 0.3) is 0 Å². The number of hydrogen-bond acceptors (Lipinski definition) is 2. The minimum atomic E-state index is -0.638. The lowest BCUT2D eigenvalue weighted by Gasteiger charge is -2.12. The maximum atomic E-state index is 13.5. The monoisotopic (exact) mass is 222 g/mol. The molecule has 1 aromatic rings. The van der Waals surface area contributed by atoms with E-state index in [4.69, 9.17) is 0 Å². The Morgan fingerprint density at radius 3 is 2.88 bits per heavy atom. The summed E-state index contributed by atoms with van der Waals surface area (Å²) in [6, 6.07) is 3.37. The van der Waals surface area contributed by atoms with Crippen LogP contribution in [0.3, 0.4) is 0 Å². The number of hydrogen-bond donors (Lipinski definition) is 1. The van der Waals surface area contributed by atoms with E-state index >= 15 is 0 Å². The van der Waals surface area contributed by atoms with Gasteiger partial charge in [0, 0.05) is 23.5 Å².